The molecule has 1 nitrogen and oxygen atoms in total. The van der Waals surface area contributed by atoms with Crippen LogP contribution in [0.25, 0.3) is 12.2 Å². The molecule has 0 heterocycles. The molecule has 22 heavy (non-hydrogen) atoms. The summed E-state index contributed by atoms with van der Waals surface area (Å²) in [5.74, 6) is 0. The van der Waals surface area contributed by atoms with Gasteiger partial charge in [-0.3, -0.25) is 0 Å². The number of nitrogens with one attached hydrogen (secondary N) is 1. The minimum atomic E-state index is 0.311. The van der Waals surface area contributed by atoms with E-state index in [9.17, 15) is 0 Å². The van der Waals surface area contributed by atoms with E-state index in [0.717, 1.165) is 0 Å². The Kier molecular flexibility index (Phi) is 3.82. The van der Waals surface area contributed by atoms with Crippen LogP contribution in [0.3, 0.4) is 0 Å². The van der Waals surface area contributed by atoms with Crippen molar-refractivity contribution >= 4 is 12.2 Å². The molecule has 2 aromatic rings. The topological polar surface area (TPSA) is 12.0 Å². The van der Waals surface area contributed by atoms with Gasteiger partial charge in [0, 0.05) is 6.04 Å². The van der Waals surface area contributed by atoms with Gasteiger partial charge in [-0.25, -0.2) is 0 Å². The molecule has 0 spiro atoms. The number of fused-ring (bicyclic) bond motifs is 2. The van der Waals surface area contributed by atoms with Crippen LogP contribution in [-0.4, -0.2) is 6.04 Å². The lowest BCUT2D eigenvalue weighted by Gasteiger charge is -2.30. The number of hydrogen-bond donors (Lipinski definition) is 1. The predicted octanol–water partition coefficient (Wildman–Crippen LogP) is 5.18. The van der Waals surface area contributed by atoms with Gasteiger partial charge in [-0.05, 0) is 35.1 Å². The summed E-state index contributed by atoms with van der Waals surface area (Å²) in [5.41, 5.74) is 5.50. The summed E-state index contributed by atoms with van der Waals surface area (Å²) in [5, 5.41) is 3.97. The van der Waals surface area contributed by atoms with Crippen molar-refractivity contribution in [3.05, 3.63) is 70.8 Å². The molecule has 0 amide bonds. The lowest BCUT2D eigenvalue weighted by Crippen LogP contribution is -2.35. The fourth-order valence-electron chi connectivity index (χ4n) is 3.88. The Bertz CT molecular complexity index is 630. The summed E-state index contributed by atoms with van der Waals surface area (Å²) < 4.78 is 0. The van der Waals surface area contributed by atoms with Crippen LogP contribution in [0, 0.1) is 0 Å². The molecule has 2 aliphatic carbocycles. The Morgan fingerprint density at radius 2 is 1.23 bits per heavy atom. The van der Waals surface area contributed by atoms with E-state index in [-0.39, 0.29) is 0 Å². The molecular formula is C21H23N. The molecule has 0 saturated heterocycles. The molecule has 0 bridgehead atoms. The first-order valence-electron chi connectivity index (χ1n) is 8.54. The van der Waals surface area contributed by atoms with Crippen molar-refractivity contribution < 1.29 is 0 Å². The van der Waals surface area contributed by atoms with Crippen LogP contribution in [0.1, 0.15) is 60.4 Å². The Hall–Kier alpha value is -1.86. The number of benzene rings is 2. The maximum atomic E-state index is 3.97. The zero-order chi connectivity index (χ0) is 14.8. The van der Waals surface area contributed by atoms with E-state index in [2.05, 4.69) is 66.0 Å². The van der Waals surface area contributed by atoms with E-state index in [1.165, 1.54) is 54.4 Å². The van der Waals surface area contributed by atoms with Gasteiger partial charge in [-0.15, -0.1) is 0 Å². The normalized spacial score (nSPS) is 18.5. The summed E-state index contributed by atoms with van der Waals surface area (Å²) in [4.78, 5) is 0. The van der Waals surface area contributed by atoms with Gasteiger partial charge < -0.3 is 5.32 Å². The average molecular weight is 289 g/mol. The summed E-state index contributed by atoms with van der Waals surface area (Å²) in [6.07, 6.45) is 11.3. The minimum absolute atomic E-state index is 0.311. The van der Waals surface area contributed by atoms with Crippen molar-refractivity contribution in [3.8, 4) is 0 Å². The number of hydrogen-bond acceptors (Lipinski definition) is 1. The number of rotatable bonds is 2. The van der Waals surface area contributed by atoms with Crippen molar-refractivity contribution in [2.45, 2.75) is 44.2 Å². The molecule has 1 heteroatoms. The third-order valence-electron chi connectivity index (χ3n) is 5.06. The molecule has 1 N–H and O–H groups in total. The average Bonchev–Trinajstić information content (AvgIpc) is 2.74. The predicted molar refractivity (Wildman–Crippen MR) is 93.7 cm³/mol. The van der Waals surface area contributed by atoms with Gasteiger partial charge >= 0.3 is 0 Å². The van der Waals surface area contributed by atoms with Crippen LogP contribution in [0.5, 0.6) is 0 Å². The largest absolute Gasteiger partial charge is 0.303 e. The highest BCUT2D eigenvalue weighted by atomic mass is 15.0. The van der Waals surface area contributed by atoms with Crippen LogP contribution in [0.4, 0.5) is 0 Å². The summed E-state index contributed by atoms with van der Waals surface area (Å²) in [6, 6.07) is 18.6. The highest BCUT2D eigenvalue weighted by Crippen LogP contribution is 2.34. The lowest BCUT2D eigenvalue weighted by atomic mass is 9.90. The summed E-state index contributed by atoms with van der Waals surface area (Å²) in [7, 11) is 0. The van der Waals surface area contributed by atoms with Crippen molar-refractivity contribution in [1.29, 1.82) is 0 Å². The quantitative estimate of drug-likeness (QED) is 0.803. The molecule has 0 radical (unpaired) electrons. The molecule has 0 unspecified atom stereocenters. The fraction of sp³-hybridized carbons (Fsp3) is 0.333. The Balaban J connectivity index is 1.76. The highest BCUT2D eigenvalue weighted by molar-refractivity contribution is 5.76. The molecule has 2 aromatic carbocycles. The minimum Gasteiger partial charge on any atom is -0.303 e. The maximum absolute atomic E-state index is 3.97. The molecule has 4 rings (SSSR count). The van der Waals surface area contributed by atoms with E-state index < -0.39 is 0 Å². The van der Waals surface area contributed by atoms with Crippen LogP contribution in [-0.2, 0) is 0 Å². The Morgan fingerprint density at radius 1 is 0.682 bits per heavy atom. The first-order chi connectivity index (χ1) is 10.9. The SMILES string of the molecule is C1=Cc2ccccc2C(NC2CCCCC2)c2ccccc21. The van der Waals surface area contributed by atoms with E-state index in [1.54, 1.807) is 0 Å². The maximum Gasteiger partial charge on any atom is 0.0590 e. The van der Waals surface area contributed by atoms with Gasteiger partial charge in [0.25, 0.3) is 0 Å². The fourth-order valence-corrected chi connectivity index (χ4v) is 3.88. The second-order valence-electron chi connectivity index (χ2n) is 6.53. The first kappa shape index (κ1) is 13.8. The molecule has 112 valence electrons. The first-order valence-corrected chi connectivity index (χ1v) is 8.54. The zero-order valence-corrected chi connectivity index (χ0v) is 13.0. The molecule has 2 aliphatic rings. The monoisotopic (exact) mass is 289 g/mol. The van der Waals surface area contributed by atoms with Crippen LogP contribution in [0.2, 0.25) is 0 Å². The second-order valence-corrected chi connectivity index (χ2v) is 6.53. The second kappa shape index (κ2) is 6.10. The van der Waals surface area contributed by atoms with Crippen molar-refractivity contribution in [2.75, 3.05) is 0 Å². The van der Waals surface area contributed by atoms with Crippen LogP contribution < -0.4 is 5.32 Å². The summed E-state index contributed by atoms with van der Waals surface area (Å²) in [6.45, 7) is 0. The van der Waals surface area contributed by atoms with Gasteiger partial charge in [0.1, 0.15) is 0 Å². The molecule has 1 fully saturated rings. The van der Waals surface area contributed by atoms with E-state index >= 15 is 0 Å². The lowest BCUT2D eigenvalue weighted by molar-refractivity contribution is 0.354. The van der Waals surface area contributed by atoms with Gasteiger partial charge in [-0.2, -0.15) is 0 Å². The van der Waals surface area contributed by atoms with Gasteiger partial charge in [0.15, 0.2) is 0 Å². The Labute approximate surface area is 133 Å². The van der Waals surface area contributed by atoms with E-state index in [4.69, 9.17) is 0 Å². The Morgan fingerprint density at radius 3 is 1.82 bits per heavy atom. The third-order valence-corrected chi connectivity index (χ3v) is 5.06. The zero-order valence-electron chi connectivity index (χ0n) is 13.0. The van der Waals surface area contributed by atoms with Gasteiger partial charge in [-0.1, -0.05) is 79.9 Å². The van der Waals surface area contributed by atoms with Gasteiger partial charge in [0.05, 0.1) is 6.04 Å². The van der Waals surface area contributed by atoms with Crippen molar-refractivity contribution in [1.82, 2.24) is 5.32 Å². The third kappa shape index (κ3) is 2.62. The van der Waals surface area contributed by atoms with E-state index in [0.29, 0.717) is 12.1 Å². The smallest absolute Gasteiger partial charge is 0.0590 e. The molecule has 1 saturated carbocycles. The van der Waals surface area contributed by atoms with E-state index in [1.807, 2.05) is 0 Å². The molecular weight excluding hydrogens is 266 g/mol. The van der Waals surface area contributed by atoms with Crippen molar-refractivity contribution in [3.63, 3.8) is 0 Å². The van der Waals surface area contributed by atoms with Crippen LogP contribution >= 0.6 is 0 Å². The molecule has 0 aliphatic heterocycles. The summed E-state index contributed by atoms with van der Waals surface area (Å²) >= 11 is 0. The standard InChI is InChI=1S/C21H23N/c1-2-10-18(11-3-1)22-21-19-12-6-4-8-16(19)14-15-17-9-5-7-13-20(17)21/h4-9,12-15,18,21-22H,1-3,10-11H2. The molecule has 0 atom stereocenters. The van der Waals surface area contributed by atoms with Crippen LogP contribution in [0.15, 0.2) is 48.5 Å². The van der Waals surface area contributed by atoms with Gasteiger partial charge in [0.2, 0.25) is 0 Å². The molecule has 0 aromatic heterocycles. The highest BCUT2D eigenvalue weighted by Gasteiger charge is 2.24. The van der Waals surface area contributed by atoms with Crippen molar-refractivity contribution in [2.24, 2.45) is 0 Å².